The Morgan fingerprint density at radius 1 is 1.00 bits per heavy atom. The van der Waals surface area contributed by atoms with E-state index in [1.807, 2.05) is 18.7 Å². The first kappa shape index (κ1) is 22.5. The van der Waals surface area contributed by atoms with Crippen LogP contribution in [0.2, 0.25) is 0 Å². The molecular formula is C25H34N4O3. The summed E-state index contributed by atoms with van der Waals surface area (Å²) < 4.78 is 5.60. The predicted molar refractivity (Wildman–Crippen MR) is 124 cm³/mol. The van der Waals surface area contributed by atoms with Crippen LogP contribution in [0.4, 0.5) is 0 Å². The molecule has 0 spiro atoms. The zero-order valence-corrected chi connectivity index (χ0v) is 19.7. The van der Waals surface area contributed by atoms with Crippen LogP contribution in [-0.4, -0.2) is 77.0 Å². The summed E-state index contributed by atoms with van der Waals surface area (Å²) in [6, 6.07) is 5.52. The monoisotopic (exact) mass is 438 g/mol. The van der Waals surface area contributed by atoms with Gasteiger partial charge in [-0.05, 0) is 57.7 Å². The first-order valence-corrected chi connectivity index (χ1v) is 11.8. The van der Waals surface area contributed by atoms with Crippen molar-refractivity contribution in [3.8, 4) is 11.3 Å². The molecule has 7 nitrogen and oxygen atoms in total. The fourth-order valence-corrected chi connectivity index (χ4v) is 5.14. The highest BCUT2D eigenvalue weighted by Gasteiger charge is 2.37. The average Bonchev–Trinajstić information content (AvgIpc) is 3.27. The Morgan fingerprint density at radius 3 is 2.34 bits per heavy atom. The number of likely N-dealkylation sites (tertiary alicyclic amines) is 1. The summed E-state index contributed by atoms with van der Waals surface area (Å²) in [6.07, 6.45) is 2.57. The molecule has 4 rings (SSSR count). The van der Waals surface area contributed by atoms with E-state index >= 15 is 0 Å². The molecule has 2 aliphatic rings. The van der Waals surface area contributed by atoms with Crippen LogP contribution in [0.15, 0.2) is 22.7 Å². The number of nitrogens with zero attached hydrogens (tertiary/aromatic N) is 4. The predicted octanol–water partition coefficient (Wildman–Crippen LogP) is 3.43. The fraction of sp³-hybridized carbons (Fsp3) is 0.560. The van der Waals surface area contributed by atoms with Gasteiger partial charge < -0.3 is 19.2 Å². The number of amides is 2. The van der Waals surface area contributed by atoms with Crippen LogP contribution < -0.4 is 0 Å². The van der Waals surface area contributed by atoms with Gasteiger partial charge in [0.05, 0.1) is 0 Å². The van der Waals surface area contributed by atoms with E-state index < -0.39 is 6.04 Å². The highest BCUT2D eigenvalue weighted by molar-refractivity contribution is 5.97. The third kappa shape index (κ3) is 4.44. The van der Waals surface area contributed by atoms with Gasteiger partial charge in [-0.1, -0.05) is 29.8 Å². The number of benzene rings is 1. The van der Waals surface area contributed by atoms with Crippen molar-refractivity contribution >= 4 is 11.8 Å². The first-order chi connectivity index (χ1) is 15.4. The molecule has 32 heavy (non-hydrogen) atoms. The second kappa shape index (κ2) is 9.45. The molecule has 0 saturated carbocycles. The molecule has 7 heteroatoms. The highest BCUT2D eigenvalue weighted by Crippen LogP contribution is 2.30. The molecule has 3 heterocycles. The zero-order valence-electron chi connectivity index (χ0n) is 19.7. The maximum absolute atomic E-state index is 13.4. The molecular weight excluding hydrogens is 404 g/mol. The van der Waals surface area contributed by atoms with Crippen molar-refractivity contribution in [1.82, 2.24) is 19.9 Å². The molecule has 1 atom stereocenters. The van der Waals surface area contributed by atoms with Crippen molar-refractivity contribution in [2.24, 2.45) is 0 Å². The second-order valence-corrected chi connectivity index (χ2v) is 9.12. The summed E-state index contributed by atoms with van der Waals surface area (Å²) in [6.45, 7) is 13.1. The molecule has 172 valence electrons. The Bertz CT molecular complexity index is 968. The van der Waals surface area contributed by atoms with Gasteiger partial charge in [-0.25, -0.2) is 0 Å². The lowest BCUT2D eigenvalue weighted by atomic mass is 9.97. The van der Waals surface area contributed by atoms with Crippen molar-refractivity contribution in [3.63, 3.8) is 0 Å². The normalized spacial score (nSPS) is 19.9. The van der Waals surface area contributed by atoms with Crippen LogP contribution in [0.25, 0.3) is 11.3 Å². The molecule has 2 aromatic rings. The number of rotatable bonds is 4. The molecule has 2 saturated heterocycles. The summed E-state index contributed by atoms with van der Waals surface area (Å²) in [5.41, 5.74) is 4.62. The highest BCUT2D eigenvalue weighted by atomic mass is 16.5. The number of aromatic nitrogens is 1. The minimum Gasteiger partial charge on any atom is -0.355 e. The summed E-state index contributed by atoms with van der Waals surface area (Å²) >= 11 is 0. The molecule has 0 N–H and O–H groups in total. The third-order valence-corrected chi connectivity index (χ3v) is 6.83. The molecule has 1 aromatic heterocycles. The Balaban J connectivity index is 1.53. The lowest BCUT2D eigenvalue weighted by Crippen LogP contribution is -2.57. The lowest BCUT2D eigenvalue weighted by Gasteiger charge is -2.40. The maximum atomic E-state index is 13.4. The Labute approximate surface area is 190 Å². The van der Waals surface area contributed by atoms with Crippen molar-refractivity contribution in [1.29, 1.82) is 0 Å². The number of hydrogen-bond acceptors (Lipinski definition) is 5. The number of hydrogen-bond donors (Lipinski definition) is 0. The van der Waals surface area contributed by atoms with Crippen LogP contribution in [-0.2, 0) is 4.79 Å². The smallest absolute Gasteiger partial charge is 0.276 e. The summed E-state index contributed by atoms with van der Waals surface area (Å²) in [5.74, 6) is 0.453. The van der Waals surface area contributed by atoms with Crippen LogP contribution >= 0.6 is 0 Å². The van der Waals surface area contributed by atoms with Gasteiger partial charge in [-0.15, -0.1) is 0 Å². The first-order valence-electron chi connectivity index (χ1n) is 11.8. The second-order valence-electron chi connectivity index (χ2n) is 9.12. The number of piperazine rings is 1. The summed E-state index contributed by atoms with van der Waals surface area (Å²) in [5, 5.41) is 4.10. The molecule has 0 bridgehead atoms. The van der Waals surface area contributed by atoms with Gasteiger partial charge in [0.15, 0.2) is 11.5 Å². The van der Waals surface area contributed by atoms with Crippen LogP contribution in [0.5, 0.6) is 0 Å². The standard InChI is InChI=1S/C25H34N4O3/c1-5-27-10-12-28(13-11-27)25(31)21-8-6-7-9-29(21)24(30)20-16-22(32-26-20)23-18(3)14-17(2)15-19(23)4/h14-16,21H,5-13H2,1-4H3/t21-/m0/s1. The SMILES string of the molecule is CCN1CCN(C(=O)[C@@H]2CCCCN2C(=O)c2cc(-c3c(C)cc(C)cc3C)on2)CC1. The minimum absolute atomic E-state index is 0.0720. The lowest BCUT2D eigenvalue weighted by molar-refractivity contribution is -0.139. The number of likely N-dealkylation sites (N-methyl/N-ethyl adjacent to an activating group) is 1. The van der Waals surface area contributed by atoms with E-state index in [1.165, 1.54) is 5.56 Å². The Hall–Kier alpha value is -2.67. The fourth-order valence-electron chi connectivity index (χ4n) is 5.14. The number of carbonyl (C=O) groups is 2. The topological polar surface area (TPSA) is 69.9 Å². The van der Waals surface area contributed by atoms with Crippen LogP contribution in [0, 0.1) is 20.8 Å². The molecule has 2 fully saturated rings. The van der Waals surface area contributed by atoms with Gasteiger partial charge in [0.25, 0.3) is 5.91 Å². The average molecular weight is 439 g/mol. The van der Waals surface area contributed by atoms with Crippen LogP contribution in [0.3, 0.4) is 0 Å². The molecule has 0 unspecified atom stereocenters. The van der Waals surface area contributed by atoms with Crippen molar-refractivity contribution in [2.45, 2.75) is 53.0 Å². The van der Waals surface area contributed by atoms with Gasteiger partial charge in [-0.2, -0.15) is 0 Å². The van der Waals surface area contributed by atoms with Crippen molar-refractivity contribution in [3.05, 3.63) is 40.6 Å². The number of carbonyl (C=O) groups excluding carboxylic acids is 2. The van der Waals surface area contributed by atoms with Gasteiger partial charge in [-0.3, -0.25) is 9.59 Å². The van der Waals surface area contributed by atoms with E-state index in [-0.39, 0.29) is 17.5 Å². The number of piperidine rings is 1. The van der Waals surface area contributed by atoms with Gasteiger partial charge >= 0.3 is 0 Å². The van der Waals surface area contributed by atoms with E-state index in [0.29, 0.717) is 18.7 Å². The van der Waals surface area contributed by atoms with Crippen LogP contribution in [0.1, 0.15) is 53.4 Å². The molecule has 2 aliphatic heterocycles. The third-order valence-electron chi connectivity index (χ3n) is 6.83. The van der Waals surface area contributed by atoms with Gasteiger partial charge in [0.2, 0.25) is 5.91 Å². The minimum atomic E-state index is -0.410. The maximum Gasteiger partial charge on any atom is 0.276 e. The molecule has 0 radical (unpaired) electrons. The quantitative estimate of drug-likeness (QED) is 0.732. The van der Waals surface area contributed by atoms with E-state index in [1.54, 1.807) is 11.0 Å². The van der Waals surface area contributed by atoms with Crippen molar-refractivity contribution < 1.29 is 14.1 Å². The van der Waals surface area contributed by atoms with Gasteiger partial charge in [0.1, 0.15) is 6.04 Å². The summed E-state index contributed by atoms with van der Waals surface area (Å²) in [4.78, 5) is 32.7. The summed E-state index contributed by atoms with van der Waals surface area (Å²) in [7, 11) is 0. The number of aryl methyl sites for hydroxylation is 3. The van der Waals surface area contributed by atoms with E-state index in [4.69, 9.17) is 4.52 Å². The zero-order chi connectivity index (χ0) is 22.8. The van der Waals surface area contributed by atoms with Crippen molar-refractivity contribution in [2.75, 3.05) is 39.3 Å². The molecule has 1 aromatic carbocycles. The van der Waals surface area contributed by atoms with E-state index in [9.17, 15) is 9.59 Å². The van der Waals surface area contributed by atoms with Gasteiger partial charge in [0, 0.05) is 44.4 Å². The van der Waals surface area contributed by atoms with E-state index in [2.05, 4.69) is 36.0 Å². The molecule has 0 aliphatic carbocycles. The Morgan fingerprint density at radius 2 is 1.69 bits per heavy atom. The van der Waals surface area contributed by atoms with E-state index in [0.717, 1.165) is 62.3 Å². The molecule has 2 amide bonds. The largest absolute Gasteiger partial charge is 0.355 e. The Kier molecular flexibility index (Phi) is 6.65.